The summed E-state index contributed by atoms with van der Waals surface area (Å²) in [6.45, 7) is 0. The van der Waals surface area contributed by atoms with Gasteiger partial charge < -0.3 is 10.5 Å². The molecular formula is C16H15N3O2. The van der Waals surface area contributed by atoms with Crippen LogP contribution in [0.4, 0.5) is 5.82 Å². The normalized spacial score (nSPS) is 10.7. The Kier molecular flexibility index (Phi) is 3.31. The Hall–Kier alpha value is -2.82. The average Bonchev–Trinajstić information content (AvgIpc) is 2.51. The minimum atomic E-state index is -0.290. The molecule has 0 atom stereocenters. The molecule has 3 aromatic rings. The van der Waals surface area contributed by atoms with E-state index >= 15 is 0 Å². The van der Waals surface area contributed by atoms with Crippen LogP contribution >= 0.6 is 0 Å². The van der Waals surface area contributed by atoms with Gasteiger partial charge in [0.05, 0.1) is 12.7 Å². The Morgan fingerprint density at radius 3 is 2.90 bits per heavy atom. The molecule has 3 rings (SSSR count). The number of ether oxygens (including phenoxy) is 1. The highest BCUT2D eigenvalue weighted by atomic mass is 16.5. The van der Waals surface area contributed by atoms with Crippen molar-refractivity contribution in [2.45, 2.75) is 6.42 Å². The summed E-state index contributed by atoms with van der Waals surface area (Å²) < 4.78 is 6.91. The molecule has 2 N–H and O–H groups in total. The average molecular weight is 281 g/mol. The predicted octanol–water partition coefficient (Wildman–Crippen LogP) is 1.88. The lowest BCUT2D eigenvalue weighted by Crippen LogP contribution is -2.19. The largest absolute Gasteiger partial charge is 0.497 e. The second-order valence-corrected chi connectivity index (χ2v) is 4.74. The molecule has 0 spiro atoms. The third-order valence-corrected chi connectivity index (χ3v) is 3.40. The molecule has 0 saturated carbocycles. The van der Waals surface area contributed by atoms with Gasteiger partial charge in [0.25, 0.3) is 5.56 Å². The van der Waals surface area contributed by atoms with Crippen LogP contribution in [0, 0.1) is 0 Å². The zero-order valence-electron chi connectivity index (χ0n) is 11.6. The molecule has 0 aliphatic heterocycles. The fourth-order valence-electron chi connectivity index (χ4n) is 2.31. The minimum absolute atomic E-state index is 0.290. The fraction of sp³-hybridized carbons (Fsp3) is 0.125. The highest BCUT2D eigenvalue weighted by Gasteiger charge is 2.11. The number of benzene rings is 1. The number of hydrogen-bond donors (Lipinski definition) is 1. The van der Waals surface area contributed by atoms with Gasteiger partial charge in [0.15, 0.2) is 0 Å². The van der Waals surface area contributed by atoms with E-state index in [2.05, 4.69) is 4.98 Å². The molecule has 0 fully saturated rings. The smallest absolute Gasteiger partial charge is 0.278 e. The molecule has 0 aliphatic carbocycles. The molecule has 0 aliphatic rings. The molecule has 2 heterocycles. The SMILES string of the molecule is COc1cccc(Cc2c(N)n3ccccc3nc2=O)c1. The summed E-state index contributed by atoms with van der Waals surface area (Å²) in [6, 6.07) is 13.0. The van der Waals surface area contributed by atoms with E-state index in [1.165, 1.54) is 0 Å². The van der Waals surface area contributed by atoms with Crippen LogP contribution in [0.2, 0.25) is 0 Å². The number of fused-ring (bicyclic) bond motifs is 1. The lowest BCUT2D eigenvalue weighted by molar-refractivity contribution is 0.414. The van der Waals surface area contributed by atoms with E-state index in [4.69, 9.17) is 10.5 Å². The predicted molar refractivity (Wildman–Crippen MR) is 81.7 cm³/mol. The van der Waals surface area contributed by atoms with Crippen molar-refractivity contribution in [2.24, 2.45) is 0 Å². The third kappa shape index (κ3) is 2.45. The van der Waals surface area contributed by atoms with E-state index in [9.17, 15) is 4.79 Å². The lowest BCUT2D eigenvalue weighted by atomic mass is 10.1. The van der Waals surface area contributed by atoms with Crippen LogP contribution < -0.4 is 16.0 Å². The maximum absolute atomic E-state index is 12.2. The first-order valence-electron chi connectivity index (χ1n) is 6.57. The Morgan fingerprint density at radius 1 is 1.24 bits per heavy atom. The molecular weight excluding hydrogens is 266 g/mol. The van der Waals surface area contributed by atoms with Crippen molar-refractivity contribution in [1.29, 1.82) is 0 Å². The molecule has 0 unspecified atom stereocenters. The van der Waals surface area contributed by atoms with Crippen molar-refractivity contribution in [3.8, 4) is 5.75 Å². The second kappa shape index (κ2) is 5.28. The van der Waals surface area contributed by atoms with Crippen LogP contribution in [0.1, 0.15) is 11.1 Å². The molecule has 5 nitrogen and oxygen atoms in total. The van der Waals surface area contributed by atoms with E-state index in [-0.39, 0.29) is 5.56 Å². The van der Waals surface area contributed by atoms with Gasteiger partial charge >= 0.3 is 0 Å². The van der Waals surface area contributed by atoms with Crippen molar-refractivity contribution in [3.05, 3.63) is 70.1 Å². The molecule has 21 heavy (non-hydrogen) atoms. The van der Waals surface area contributed by atoms with Gasteiger partial charge in [0.2, 0.25) is 0 Å². The summed E-state index contributed by atoms with van der Waals surface area (Å²) >= 11 is 0. The highest BCUT2D eigenvalue weighted by Crippen LogP contribution is 2.18. The van der Waals surface area contributed by atoms with Gasteiger partial charge in [-0.1, -0.05) is 18.2 Å². The molecule has 0 saturated heterocycles. The number of nitrogen functional groups attached to an aromatic ring is 1. The lowest BCUT2D eigenvalue weighted by Gasteiger charge is -2.10. The van der Waals surface area contributed by atoms with E-state index in [0.29, 0.717) is 23.4 Å². The molecule has 1 aromatic carbocycles. The van der Waals surface area contributed by atoms with Gasteiger partial charge in [0.1, 0.15) is 17.2 Å². The summed E-state index contributed by atoms with van der Waals surface area (Å²) in [5.74, 6) is 1.17. The van der Waals surface area contributed by atoms with Gasteiger partial charge in [-0.2, -0.15) is 4.98 Å². The number of methoxy groups -OCH3 is 1. The Morgan fingerprint density at radius 2 is 2.10 bits per heavy atom. The first-order valence-corrected chi connectivity index (χ1v) is 6.57. The molecule has 2 aromatic heterocycles. The number of hydrogen-bond acceptors (Lipinski definition) is 4. The summed E-state index contributed by atoms with van der Waals surface area (Å²) in [5, 5.41) is 0. The van der Waals surface area contributed by atoms with Gasteiger partial charge in [-0.15, -0.1) is 0 Å². The topological polar surface area (TPSA) is 69.6 Å². The Labute approximate surface area is 121 Å². The number of rotatable bonds is 3. The Balaban J connectivity index is 2.10. The second-order valence-electron chi connectivity index (χ2n) is 4.74. The third-order valence-electron chi connectivity index (χ3n) is 3.40. The van der Waals surface area contributed by atoms with E-state index in [1.807, 2.05) is 36.4 Å². The van der Waals surface area contributed by atoms with Gasteiger partial charge in [-0.05, 0) is 29.8 Å². The number of anilines is 1. The van der Waals surface area contributed by atoms with Crippen molar-refractivity contribution in [3.63, 3.8) is 0 Å². The van der Waals surface area contributed by atoms with Crippen LogP contribution in [0.3, 0.4) is 0 Å². The van der Waals surface area contributed by atoms with Crippen LogP contribution in [0.25, 0.3) is 5.65 Å². The van der Waals surface area contributed by atoms with Crippen molar-refractivity contribution < 1.29 is 4.74 Å². The standard InChI is InChI=1S/C16H15N3O2/c1-21-12-6-4-5-11(9-12)10-13-15(17)19-8-3-2-7-14(19)18-16(13)20/h2-9H,10,17H2,1H3. The van der Waals surface area contributed by atoms with E-state index in [1.54, 1.807) is 23.8 Å². The van der Waals surface area contributed by atoms with Crippen molar-refractivity contribution >= 4 is 11.5 Å². The quantitative estimate of drug-likeness (QED) is 0.795. The molecule has 5 heteroatoms. The van der Waals surface area contributed by atoms with Crippen LogP contribution in [-0.4, -0.2) is 16.5 Å². The zero-order valence-corrected chi connectivity index (χ0v) is 11.6. The summed E-state index contributed by atoms with van der Waals surface area (Å²) in [5.41, 5.74) is 7.84. The molecule has 0 radical (unpaired) electrons. The van der Waals surface area contributed by atoms with Gasteiger partial charge in [-0.25, -0.2) is 0 Å². The fourth-order valence-corrected chi connectivity index (χ4v) is 2.31. The minimum Gasteiger partial charge on any atom is -0.497 e. The number of pyridine rings is 1. The van der Waals surface area contributed by atoms with Gasteiger partial charge in [-0.3, -0.25) is 9.20 Å². The number of nitrogens with zero attached hydrogens (tertiary/aromatic N) is 2. The summed E-state index contributed by atoms with van der Waals surface area (Å²) in [7, 11) is 1.61. The first kappa shape index (κ1) is 13.2. The monoisotopic (exact) mass is 281 g/mol. The highest BCUT2D eigenvalue weighted by molar-refractivity contribution is 5.52. The molecule has 0 amide bonds. The van der Waals surface area contributed by atoms with Crippen LogP contribution in [0.15, 0.2) is 53.5 Å². The van der Waals surface area contributed by atoms with E-state index < -0.39 is 0 Å². The summed E-state index contributed by atoms with van der Waals surface area (Å²) in [6.07, 6.45) is 2.22. The maximum Gasteiger partial charge on any atom is 0.278 e. The molecule has 0 bridgehead atoms. The van der Waals surface area contributed by atoms with E-state index in [0.717, 1.165) is 11.3 Å². The van der Waals surface area contributed by atoms with Crippen LogP contribution in [0.5, 0.6) is 5.75 Å². The molecule has 106 valence electrons. The first-order chi connectivity index (χ1) is 10.2. The van der Waals surface area contributed by atoms with Crippen molar-refractivity contribution in [1.82, 2.24) is 9.38 Å². The number of aromatic nitrogens is 2. The van der Waals surface area contributed by atoms with Crippen molar-refractivity contribution in [2.75, 3.05) is 12.8 Å². The maximum atomic E-state index is 12.2. The Bertz CT molecular complexity index is 856. The summed E-state index contributed by atoms with van der Waals surface area (Å²) in [4.78, 5) is 16.2. The number of nitrogens with two attached hydrogens (primary N) is 1. The zero-order chi connectivity index (χ0) is 14.8. The van der Waals surface area contributed by atoms with Gasteiger partial charge in [0, 0.05) is 12.6 Å². The van der Waals surface area contributed by atoms with Crippen LogP contribution in [-0.2, 0) is 6.42 Å².